The molecule has 1 fully saturated rings. The maximum absolute atomic E-state index is 12.3. The number of carbonyl (C=O) groups is 2. The lowest BCUT2D eigenvalue weighted by Gasteiger charge is -2.13. The summed E-state index contributed by atoms with van der Waals surface area (Å²) in [6, 6.07) is 10.7. The first-order valence-electron chi connectivity index (χ1n) is 9.03. The van der Waals surface area contributed by atoms with Crippen molar-refractivity contribution in [2.24, 2.45) is 0 Å². The minimum atomic E-state index is -3.08. The third-order valence-corrected chi connectivity index (χ3v) is 7.49. The summed E-state index contributed by atoms with van der Waals surface area (Å²) in [6.07, 6.45) is 0.452. The van der Waals surface area contributed by atoms with Crippen molar-refractivity contribution < 1.29 is 22.7 Å². The van der Waals surface area contributed by atoms with Gasteiger partial charge in [0.25, 0.3) is 5.91 Å². The monoisotopic (exact) mass is 433 g/mol. The first-order valence-corrected chi connectivity index (χ1v) is 11.7. The van der Waals surface area contributed by atoms with E-state index in [1.807, 2.05) is 24.3 Å². The lowest BCUT2D eigenvalue weighted by molar-refractivity contribution is -0.119. The van der Waals surface area contributed by atoms with Crippen molar-refractivity contribution in [2.45, 2.75) is 19.4 Å². The van der Waals surface area contributed by atoms with Gasteiger partial charge < -0.3 is 10.1 Å². The van der Waals surface area contributed by atoms with E-state index in [0.717, 1.165) is 10.1 Å². The zero-order valence-corrected chi connectivity index (χ0v) is 17.3. The Hall–Kier alpha value is -2.72. The van der Waals surface area contributed by atoms with Gasteiger partial charge in [0, 0.05) is 10.8 Å². The smallest absolute Gasteiger partial charge is 0.348 e. The number of carbonyl (C=O) groups excluding carboxylic acids is 2. The summed E-state index contributed by atoms with van der Waals surface area (Å²) in [4.78, 5) is 25.0. The Morgan fingerprint density at radius 1 is 1.31 bits per heavy atom. The van der Waals surface area contributed by atoms with Crippen molar-refractivity contribution in [2.75, 3.05) is 23.4 Å². The van der Waals surface area contributed by atoms with Crippen molar-refractivity contribution >= 4 is 49.0 Å². The van der Waals surface area contributed by atoms with Crippen LogP contribution in [0.3, 0.4) is 0 Å². The highest BCUT2D eigenvalue weighted by molar-refractivity contribution is 7.91. The molecule has 1 aliphatic heterocycles. The van der Waals surface area contributed by atoms with Gasteiger partial charge in [-0.2, -0.15) is 5.10 Å². The molecule has 0 aliphatic carbocycles. The first kappa shape index (κ1) is 19.6. The van der Waals surface area contributed by atoms with Crippen molar-refractivity contribution in [1.29, 1.82) is 0 Å². The van der Waals surface area contributed by atoms with E-state index in [1.165, 1.54) is 16.0 Å². The maximum atomic E-state index is 12.3. The van der Waals surface area contributed by atoms with Gasteiger partial charge in [0.15, 0.2) is 16.4 Å². The van der Waals surface area contributed by atoms with Crippen LogP contribution in [0.5, 0.6) is 0 Å². The van der Waals surface area contributed by atoms with E-state index in [4.69, 9.17) is 4.74 Å². The number of ether oxygens (including phenoxy) is 1. The first-order chi connectivity index (χ1) is 13.8. The molecule has 1 amide bonds. The molecule has 10 heteroatoms. The highest BCUT2D eigenvalue weighted by Crippen LogP contribution is 2.27. The molecule has 1 aromatic carbocycles. The molecule has 0 saturated carbocycles. The van der Waals surface area contributed by atoms with E-state index in [9.17, 15) is 18.0 Å². The number of sulfone groups is 1. The van der Waals surface area contributed by atoms with Crippen LogP contribution in [0, 0.1) is 6.92 Å². The fraction of sp³-hybridized carbons (Fsp3) is 0.316. The summed E-state index contributed by atoms with van der Waals surface area (Å²) < 4.78 is 31.1. The number of rotatable bonds is 5. The second-order valence-corrected chi connectivity index (χ2v) is 10.3. The second kappa shape index (κ2) is 7.60. The summed E-state index contributed by atoms with van der Waals surface area (Å²) in [6.45, 7) is 1.32. The van der Waals surface area contributed by atoms with Gasteiger partial charge in [0.05, 0.1) is 23.2 Å². The quantitative estimate of drug-likeness (QED) is 0.620. The molecule has 3 heterocycles. The summed E-state index contributed by atoms with van der Waals surface area (Å²) >= 11 is 1.31. The number of benzene rings is 1. The molecule has 4 rings (SSSR count). The predicted molar refractivity (Wildman–Crippen MR) is 110 cm³/mol. The van der Waals surface area contributed by atoms with E-state index in [-0.39, 0.29) is 17.5 Å². The Labute approximate surface area is 171 Å². The van der Waals surface area contributed by atoms with Crippen LogP contribution < -0.4 is 5.32 Å². The molecule has 152 valence electrons. The highest BCUT2D eigenvalue weighted by atomic mass is 32.2. The molecular formula is C19H19N3O5S2. The van der Waals surface area contributed by atoms with Crippen molar-refractivity contribution in [3.8, 4) is 0 Å². The molecule has 1 saturated heterocycles. The van der Waals surface area contributed by atoms with Crippen LogP contribution >= 0.6 is 11.3 Å². The summed E-state index contributed by atoms with van der Waals surface area (Å²) in [5, 5.41) is 7.92. The van der Waals surface area contributed by atoms with E-state index in [1.54, 1.807) is 19.1 Å². The molecular weight excluding hydrogens is 414 g/mol. The Kier molecular flexibility index (Phi) is 5.13. The minimum Gasteiger partial charge on any atom is -0.451 e. The van der Waals surface area contributed by atoms with Crippen LogP contribution in [-0.2, 0) is 19.4 Å². The summed E-state index contributed by atoms with van der Waals surface area (Å²) in [5.41, 5.74) is 0.659. The Morgan fingerprint density at radius 2 is 2.10 bits per heavy atom. The van der Waals surface area contributed by atoms with Crippen LogP contribution in [0.2, 0.25) is 0 Å². The van der Waals surface area contributed by atoms with Crippen molar-refractivity contribution in [3.05, 3.63) is 47.0 Å². The number of hydrogen-bond acceptors (Lipinski definition) is 7. The highest BCUT2D eigenvalue weighted by Gasteiger charge is 2.31. The predicted octanol–water partition coefficient (Wildman–Crippen LogP) is 2.56. The van der Waals surface area contributed by atoms with Crippen LogP contribution in [0.1, 0.15) is 27.8 Å². The number of amides is 1. The van der Waals surface area contributed by atoms with Gasteiger partial charge in [-0.15, -0.1) is 11.3 Å². The molecule has 1 N–H and O–H groups in total. The van der Waals surface area contributed by atoms with E-state index in [0.29, 0.717) is 22.8 Å². The zero-order valence-electron chi connectivity index (χ0n) is 15.6. The maximum Gasteiger partial charge on any atom is 0.348 e. The number of thiophene rings is 1. The lowest BCUT2D eigenvalue weighted by Crippen LogP contribution is -2.24. The van der Waals surface area contributed by atoms with E-state index in [2.05, 4.69) is 10.4 Å². The van der Waals surface area contributed by atoms with Gasteiger partial charge in [-0.1, -0.05) is 18.2 Å². The Balaban J connectivity index is 1.39. The van der Waals surface area contributed by atoms with Crippen LogP contribution in [0.4, 0.5) is 5.82 Å². The van der Waals surface area contributed by atoms with Gasteiger partial charge in [0.2, 0.25) is 0 Å². The number of aryl methyl sites for hydroxylation is 1. The molecule has 1 aliphatic rings. The standard InChI is InChI=1S/C19H19N3O5S2/c1-12-8-17(22(21-12)14-6-7-29(25,26)11-14)20-18(23)10-27-19(24)16-9-13-4-2-3-5-15(13)28-16/h2-5,8-9,14H,6-7,10-11H2,1H3,(H,20,23). The molecule has 0 spiro atoms. The molecule has 8 nitrogen and oxygen atoms in total. The van der Waals surface area contributed by atoms with Crippen molar-refractivity contribution in [3.63, 3.8) is 0 Å². The van der Waals surface area contributed by atoms with Crippen LogP contribution in [0.25, 0.3) is 10.1 Å². The van der Waals surface area contributed by atoms with Crippen LogP contribution in [0.15, 0.2) is 36.4 Å². The molecule has 0 bridgehead atoms. The number of hydrogen-bond donors (Lipinski definition) is 1. The minimum absolute atomic E-state index is 0.00207. The summed E-state index contributed by atoms with van der Waals surface area (Å²) in [7, 11) is -3.08. The topological polar surface area (TPSA) is 107 Å². The average molecular weight is 434 g/mol. The molecule has 29 heavy (non-hydrogen) atoms. The zero-order chi connectivity index (χ0) is 20.6. The molecule has 0 radical (unpaired) electrons. The van der Waals surface area contributed by atoms with Gasteiger partial charge in [-0.05, 0) is 30.9 Å². The van der Waals surface area contributed by atoms with Gasteiger partial charge in [-0.25, -0.2) is 17.9 Å². The number of nitrogens with one attached hydrogen (secondary N) is 1. The van der Waals surface area contributed by atoms with Gasteiger partial charge in [0.1, 0.15) is 10.7 Å². The number of fused-ring (bicyclic) bond motifs is 1. The molecule has 1 atom stereocenters. The van der Waals surface area contributed by atoms with Crippen LogP contribution in [-0.4, -0.2) is 48.2 Å². The third kappa shape index (κ3) is 4.33. The Morgan fingerprint density at radius 3 is 2.83 bits per heavy atom. The average Bonchev–Trinajstić information content (AvgIpc) is 3.35. The number of aromatic nitrogens is 2. The SMILES string of the molecule is Cc1cc(NC(=O)COC(=O)c2cc3ccccc3s2)n(C2CCS(=O)(=O)C2)n1. The largest absolute Gasteiger partial charge is 0.451 e. The fourth-order valence-electron chi connectivity index (χ4n) is 3.32. The van der Waals surface area contributed by atoms with Crippen molar-refractivity contribution in [1.82, 2.24) is 9.78 Å². The van der Waals surface area contributed by atoms with E-state index < -0.39 is 28.3 Å². The number of nitrogens with zero attached hydrogens (tertiary/aromatic N) is 2. The molecule has 1 unspecified atom stereocenters. The third-order valence-electron chi connectivity index (χ3n) is 4.64. The second-order valence-electron chi connectivity index (χ2n) is 6.95. The molecule has 3 aromatic rings. The van der Waals surface area contributed by atoms with Gasteiger partial charge >= 0.3 is 5.97 Å². The Bertz CT molecular complexity index is 1160. The number of anilines is 1. The van der Waals surface area contributed by atoms with E-state index >= 15 is 0 Å². The van der Waals surface area contributed by atoms with Gasteiger partial charge in [-0.3, -0.25) is 4.79 Å². The number of esters is 1. The normalized spacial score (nSPS) is 18.0. The molecule has 2 aromatic heterocycles. The summed E-state index contributed by atoms with van der Waals surface area (Å²) in [5.74, 6) is -0.573. The fourth-order valence-corrected chi connectivity index (χ4v) is 5.97. The lowest BCUT2D eigenvalue weighted by atomic mass is 10.2.